The van der Waals surface area contributed by atoms with E-state index in [-0.39, 0.29) is 0 Å². The average molecular weight is 200 g/mol. The van der Waals surface area contributed by atoms with Crippen LogP contribution in [0.4, 0.5) is 0 Å². The number of hydrogen-bond donors (Lipinski definition) is 0. The fourth-order valence-electron chi connectivity index (χ4n) is 1.56. The smallest absolute Gasteiger partial charge is 0.323 e. The molecule has 4 nitrogen and oxygen atoms in total. The molecule has 0 spiro atoms. The molecule has 0 atom stereocenters. The van der Waals surface area contributed by atoms with Crippen LogP contribution in [0.1, 0.15) is 33.1 Å². The predicted octanol–water partition coefficient (Wildman–Crippen LogP) is 1.28. The van der Waals surface area contributed by atoms with Gasteiger partial charge in [-0.1, -0.05) is 0 Å². The summed E-state index contributed by atoms with van der Waals surface area (Å²) in [5.41, 5.74) is -0.980. The molecule has 0 bridgehead atoms. The van der Waals surface area contributed by atoms with Crippen molar-refractivity contribution in [3.05, 3.63) is 0 Å². The first-order valence-electron chi connectivity index (χ1n) is 5.02. The van der Waals surface area contributed by atoms with Gasteiger partial charge in [-0.3, -0.25) is 9.59 Å². The van der Waals surface area contributed by atoms with Crippen molar-refractivity contribution in [3.63, 3.8) is 0 Å². The van der Waals surface area contributed by atoms with Crippen molar-refractivity contribution in [2.24, 2.45) is 5.41 Å². The third kappa shape index (κ3) is 1.74. The Morgan fingerprint density at radius 3 is 1.71 bits per heavy atom. The minimum atomic E-state index is -0.980. The van der Waals surface area contributed by atoms with Crippen molar-refractivity contribution in [1.29, 1.82) is 0 Å². The molecule has 1 fully saturated rings. The summed E-state index contributed by atoms with van der Waals surface area (Å²) < 4.78 is 9.75. The molecule has 0 heterocycles. The molecule has 0 aromatic carbocycles. The molecule has 0 N–H and O–H groups in total. The normalized spacial score (nSPS) is 18.1. The highest BCUT2D eigenvalue weighted by molar-refractivity contribution is 6.01. The summed E-state index contributed by atoms with van der Waals surface area (Å²) >= 11 is 0. The molecule has 1 saturated carbocycles. The van der Waals surface area contributed by atoms with Crippen molar-refractivity contribution in [2.75, 3.05) is 13.2 Å². The lowest BCUT2D eigenvalue weighted by Crippen LogP contribution is -2.47. The second-order valence-corrected chi connectivity index (χ2v) is 3.38. The largest absolute Gasteiger partial charge is 0.465 e. The van der Waals surface area contributed by atoms with E-state index in [0.29, 0.717) is 26.1 Å². The van der Waals surface area contributed by atoms with E-state index in [2.05, 4.69) is 0 Å². The summed E-state index contributed by atoms with van der Waals surface area (Å²) in [7, 11) is 0. The monoisotopic (exact) mass is 200 g/mol. The lowest BCUT2D eigenvalue weighted by atomic mass is 9.69. The first-order chi connectivity index (χ1) is 6.67. The maximum atomic E-state index is 11.5. The number of hydrogen-bond acceptors (Lipinski definition) is 4. The molecule has 1 rings (SSSR count). The van der Waals surface area contributed by atoms with Gasteiger partial charge in [0.1, 0.15) is 0 Å². The van der Waals surface area contributed by atoms with Gasteiger partial charge in [-0.15, -0.1) is 0 Å². The number of rotatable bonds is 4. The van der Waals surface area contributed by atoms with Gasteiger partial charge in [0.2, 0.25) is 0 Å². The minimum Gasteiger partial charge on any atom is -0.465 e. The van der Waals surface area contributed by atoms with Crippen molar-refractivity contribution < 1.29 is 19.1 Å². The molecule has 1 aliphatic carbocycles. The molecule has 80 valence electrons. The zero-order valence-electron chi connectivity index (χ0n) is 8.67. The summed E-state index contributed by atoms with van der Waals surface area (Å²) in [4.78, 5) is 23.1. The van der Waals surface area contributed by atoms with Gasteiger partial charge in [0.05, 0.1) is 13.2 Å². The summed E-state index contributed by atoms with van der Waals surface area (Å²) in [5, 5.41) is 0. The zero-order chi connectivity index (χ0) is 10.6. The molecular formula is C10H16O4. The summed E-state index contributed by atoms with van der Waals surface area (Å²) in [6, 6.07) is 0. The quantitative estimate of drug-likeness (QED) is 0.506. The van der Waals surface area contributed by atoms with Crippen molar-refractivity contribution in [2.45, 2.75) is 33.1 Å². The fraction of sp³-hybridized carbons (Fsp3) is 0.800. The molecule has 4 heteroatoms. The van der Waals surface area contributed by atoms with E-state index in [1.165, 1.54) is 0 Å². The highest BCUT2D eigenvalue weighted by atomic mass is 16.6. The number of carbonyl (C=O) groups excluding carboxylic acids is 2. The Balaban J connectivity index is 2.65. The van der Waals surface area contributed by atoms with E-state index in [1.807, 2.05) is 0 Å². The van der Waals surface area contributed by atoms with Crippen LogP contribution in [-0.2, 0) is 19.1 Å². The molecular weight excluding hydrogens is 184 g/mol. The van der Waals surface area contributed by atoms with E-state index >= 15 is 0 Å². The molecule has 0 radical (unpaired) electrons. The Morgan fingerprint density at radius 1 is 1.07 bits per heavy atom. The Morgan fingerprint density at radius 2 is 1.50 bits per heavy atom. The van der Waals surface area contributed by atoms with Gasteiger partial charge in [-0.05, 0) is 33.1 Å². The highest BCUT2D eigenvalue weighted by Gasteiger charge is 2.53. The molecule has 0 aromatic heterocycles. The van der Waals surface area contributed by atoms with Crippen LogP contribution < -0.4 is 0 Å². The van der Waals surface area contributed by atoms with Gasteiger partial charge < -0.3 is 9.47 Å². The molecule has 0 saturated heterocycles. The molecule has 0 unspecified atom stereocenters. The maximum Gasteiger partial charge on any atom is 0.323 e. The fourth-order valence-corrected chi connectivity index (χ4v) is 1.56. The van der Waals surface area contributed by atoms with Crippen LogP contribution in [0.5, 0.6) is 0 Å². The summed E-state index contributed by atoms with van der Waals surface area (Å²) in [5.74, 6) is -0.852. The van der Waals surface area contributed by atoms with Crippen LogP contribution in [0.25, 0.3) is 0 Å². The summed E-state index contributed by atoms with van der Waals surface area (Å²) in [6.45, 7) is 4.07. The van der Waals surface area contributed by atoms with Crippen LogP contribution >= 0.6 is 0 Å². The second-order valence-electron chi connectivity index (χ2n) is 3.38. The number of ether oxygens (including phenoxy) is 2. The first kappa shape index (κ1) is 11.0. The average Bonchev–Trinajstić information content (AvgIpc) is 2.02. The van der Waals surface area contributed by atoms with Gasteiger partial charge in [-0.2, -0.15) is 0 Å². The maximum absolute atomic E-state index is 11.5. The number of carbonyl (C=O) groups is 2. The van der Waals surface area contributed by atoms with Crippen LogP contribution in [-0.4, -0.2) is 25.2 Å². The van der Waals surface area contributed by atoms with Crippen molar-refractivity contribution in [3.8, 4) is 0 Å². The second kappa shape index (κ2) is 4.44. The molecule has 0 aliphatic heterocycles. The third-order valence-corrected chi connectivity index (χ3v) is 2.54. The Kier molecular flexibility index (Phi) is 3.49. The van der Waals surface area contributed by atoms with Crippen molar-refractivity contribution in [1.82, 2.24) is 0 Å². The Hall–Kier alpha value is -1.06. The Bertz CT molecular complexity index is 210. The van der Waals surface area contributed by atoms with Crippen LogP contribution in [0.15, 0.2) is 0 Å². The third-order valence-electron chi connectivity index (χ3n) is 2.54. The van der Waals surface area contributed by atoms with Gasteiger partial charge in [0.15, 0.2) is 5.41 Å². The van der Waals surface area contributed by atoms with Crippen LogP contribution in [0.2, 0.25) is 0 Å². The van der Waals surface area contributed by atoms with E-state index in [9.17, 15) is 9.59 Å². The van der Waals surface area contributed by atoms with E-state index < -0.39 is 17.4 Å². The van der Waals surface area contributed by atoms with Gasteiger partial charge in [0, 0.05) is 0 Å². The van der Waals surface area contributed by atoms with Gasteiger partial charge >= 0.3 is 11.9 Å². The van der Waals surface area contributed by atoms with E-state index in [4.69, 9.17) is 9.47 Å². The standard InChI is InChI=1S/C10H16O4/c1-3-13-8(11)10(6-5-7-10)9(12)14-4-2/h3-7H2,1-2H3. The molecule has 14 heavy (non-hydrogen) atoms. The molecule has 0 aromatic rings. The molecule has 1 aliphatic rings. The van der Waals surface area contributed by atoms with Crippen LogP contribution in [0, 0.1) is 5.41 Å². The molecule has 0 amide bonds. The first-order valence-corrected chi connectivity index (χ1v) is 5.02. The number of esters is 2. The van der Waals surface area contributed by atoms with E-state index in [0.717, 1.165) is 6.42 Å². The minimum absolute atomic E-state index is 0.306. The highest BCUT2D eigenvalue weighted by Crippen LogP contribution is 2.43. The Labute approximate surface area is 83.6 Å². The van der Waals surface area contributed by atoms with Crippen molar-refractivity contribution >= 4 is 11.9 Å². The SMILES string of the molecule is CCOC(=O)C1(C(=O)OCC)CCC1. The lowest BCUT2D eigenvalue weighted by Gasteiger charge is -2.36. The lowest BCUT2D eigenvalue weighted by molar-refractivity contribution is -0.178. The predicted molar refractivity (Wildman–Crippen MR) is 49.6 cm³/mol. The van der Waals surface area contributed by atoms with Gasteiger partial charge in [0.25, 0.3) is 0 Å². The summed E-state index contributed by atoms with van der Waals surface area (Å²) in [6.07, 6.45) is 2.01. The zero-order valence-corrected chi connectivity index (χ0v) is 8.67. The van der Waals surface area contributed by atoms with E-state index in [1.54, 1.807) is 13.8 Å². The van der Waals surface area contributed by atoms with Gasteiger partial charge in [-0.25, -0.2) is 0 Å². The topological polar surface area (TPSA) is 52.6 Å². The van der Waals surface area contributed by atoms with Crippen LogP contribution in [0.3, 0.4) is 0 Å².